The zero-order chi connectivity index (χ0) is 17.5. The van der Waals surface area contributed by atoms with Crippen LogP contribution in [0.25, 0.3) is 0 Å². The van der Waals surface area contributed by atoms with Crippen LogP contribution in [0.1, 0.15) is 49.7 Å². The van der Waals surface area contributed by atoms with Gasteiger partial charge in [0.05, 0.1) is 19.3 Å². The Morgan fingerprint density at radius 3 is 2.64 bits per heavy atom. The van der Waals surface area contributed by atoms with E-state index < -0.39 is 0 Å². The van der Waals surface area contributed by atoms with Crippen molar-refractivity contribution in [3.63, 3.8) is 0 Å². The number of rotatable bonds is 5. The molecule has 1 aliphatic carbocycles. The van der Waals surface area contributed by atoms with Crippen molar-refractivity contribution in [2.24, 2.45) is 4.99 Å². The molecule has 1 aliphatic heterocycles. The smallest absolute Gasteiger partial charge is 0.191 e. The topological polar surface area (TPSA) is 62.0 Å². The second-order valence-electron chi connectivity index (χ2n) is 7.04. The summed E-state index contributed by atoms with van der Waals surface area (Å²) in [5, 5.41) is 7.10. The molecule has 1 atom stereocenters. The molecule has 0 radical (unpaired) electrons. The second kappa shape index (κ2) is 9.25. The molecule has 0 aromatic carbocycles. The summed E-state index contributed by atoms with van der Waals surface area (Å²) in [4.78, 5) is 6.85. The first-order valence-corrected chi connectivity index (χ1v) is 9.61. The van der Waals surface area contributed by atoms with Gasteiger partial charge in [0, 0.05) is 32.7 Å². The molecule has 2 N–H and O–H groups in total. The Balaban J connectivity index is 1.60. The van der Waals surface area contributed by atoms with Crippen LogP contribution in [0.3, 0.4) is 0 Å². The van der Waals surface area contributed by atoms with E-state index in [0.717, 1.165) is 50.3 Å². The van der Waals surface area contributed by atoms with Crippen molar-refractivity contribution in [1.82, 2.24) is 15.5 Å². The van der Waals surface area contributed by atoms with E-state index in [2.05, 4.69) is 26.6 Å². The van der Waals surface area contributed by atoms with Crippen LogP contribution in [-0.4, -0.2) is 56.8 Å². The van der Waals surface area contributed by atoms with Gasteiger partial charge in [0.1, 0.15) is 11.5 Å². The highest BCUT2D eigenvalue weighted by molar-refractivity contribution is 5.80. The van der Waals surface area contributed by atoms with Gasteiger partial charge in [0.25, 0.3) is 0 Å². The highest BCUT2D eigenvalue weighted by atomic mass is 16.5. The molecule has 2 aliphatic rings. The van der Waals surface area contributed by atoms with Crippen molar-refractivity contribution in [2.45, 2.75) is 51.1 Å². The van der Waals surface area contributed by atoms with Gasteiger partial charge in [-0.15, -0.1) is 0 Å². The second-order valence-corrected chi connectivity index (χ2v) is 7.04. The van der Waals surface area contributed by atoms with Crippen LogP contribution in [0.4, 0.5) is 0 Å². The summed E-state index contributed by atoms with van der Waals surface area (Å²) in [6.45, 7) is 6.20. The molecular weight excluding hydrogens is 316 g/mol. The molecule has 140 valence electrons. The third-order valence-electron chi connectivity index (χ3n) is 5.21. The standard InChI is InChI=1S/C19H32N4O2/c1-15-8-9-18(25-15)17(23-10-12-24-13-11-23)14-21-19(20-2)22-16-6-4-3-5-7-16/h8-9,16-17H,3-7,10-14H2,1-2H3,(H2,20,21,22). The molecule has 0 spiro atoms. The fraction of sp³-hybridized carbons (Fsp3) is 0.737. The lowest BCUT2D eigenvalue weighted by Gasteiger charge is -2.34. The van der Waals surface area contributed by atoms with Crippen LogP contribution in [0.15, 0.2) is 21.5 Å². The Morgan fingerprint density at radius 2 is 2.00 bits per heavy atom. The van der Waals surface area contributed by atoms with Crippen molar-refractivity contribution in [3.05, 3.63) is 23.7 Å². The van der Waals surface area contributed by atoms with Crippen molar-refractivity contribution >= 4 is 5.96 Å². The largest absolute Gasteiger partial charge is 0.465 e. The molecule has 1 saturated carbocycles. The van der Waals surface area contributed by atoms with Gasteiger partial charge < -0.3 is 19.8 Å². The summed E-state index contributed by atoms with van der Waals surface area (Å²) in [6.07, 6.45) is 6.48. The van der Waals surface area contributed by atoms with Gasteiger partial charge in [-0.2, -0.15) is 0 Å². The van der Waals surface area contributed by atoms with Crippen LogP contribution in [-0.2, 0) is 4.74 Å². The summed E-state index contributed by atoms with van der Waals surface area (Å²) in [6, 6.07) is 4.88. The maximum absolute atomic E-state index is 5.93. The minimum Gasteiger partial charge on any atom is -0.465 e. The van der Waals surface area contributed by atoms with Gasteiger partial charge >= 0.3 is 0 Å². The van der Waals surface area contributed by atoms with E-state index in [4.69, 9.17) is 9.15 Å². The SMILES string of the molecule is CN=C(NCC(c1ccc(C)o1)N1CCOCC1)NC1CCCCC1. The average Bonchev–Trinajstić information content (AvgIpc) is 3.08. The molecule has 1 saturated heterocycles. The molecule has 6 heteroatoms. The Hall–Kier alpha value is -1.53. The van der Waals surface area contributed by atoms with Crippen molar-refractivity contribution in [1.29, 1.82) is 0 Å². The van der Waals surface area contributed by atoms with Crippen LogP contribution >= 0.6 is 0 Å². The summed E-state index contributed by atoms with van der Waals surface area (Å²) < 4.78 is 11.4. The Labute approximate surface area is 151 Å². The number of ether oxygens (including phenoxy) is 1. The molecule has 0 amide bonds. The molecular formula is C19H32N4O2. The van der Waals surface area contributed by atoms with Crippen LogP contribution in [0.2, 0.25) is 0 Å². The third-order valence-corrected chi connectivity index (χ3v) is 5.21. The molecule has 1 aromatic heterocycles. The normalized spacial score (nSPS) is 21.9. The van der Waals surface area contributed by atoms with Gasteiger partial charge in [-0.05, 0) is 31.9 Å². The molecule has 1 unspecified atom stereocenters. The van der Waals surface area contributed by atoms with E-state index in [0.29, 0.717) is 6.04 Å². The Kier molecular flexibility index (Phi) is 6.76. The van der Waals surface area contributed by atoms with E-state index in [1.807, 2.05) is 20.0 Å². The minimum absolute atomic E-state index is 0.197. The number of aryl methyl sites for hydroxylation is 1. The van der Waals surface area contributed by atoms with Crippen molar-refractivity contribution < 1.29 is 9.15 Å². The van der Waals surface area contributed by atoms with E-state index in [9.17, 15) is 0 Å². The lowest BCUT2D eigenvalue weighted by atomic mass is 9.96. The van der Waals surface area contributed by atoms with Crippen LogP contribution < -0.4 is 10.6 Å². The number of furan rings is 1. The summed E-state index contributed by atoms with van der Waals surface area (Å²) in [5.74, 6) is 2.87. The highest BCUT2D eigenvalue weighted by Crippen LogP contribution is 2.23. The predicted octanol–water partition coefficient (Wildman–Crippen LogP) is 2.46. The maximum atomic E-state index is 5.93. The molecule has 3 rings (SSSR count). The average molecular weight is 348 g/mol. The Bertz CT molecular complexity index is 545. The fourth-order valence-electron chi connectivity index (χ4n) is 3.76. The fourth-order valence-corrected chi connectivity index (χ4v) is 3.76. The highest BCUT2D eigenvalue weighted by Gasteiger charge is 2.25. The first-order valence-electron chi connectivity index (χ1n) is 9.61. The zero-order valence-corrected chi connectivity index (χ0v) is 15.6. The lowest BCUT2D eigenvalue weighted by molar-refractivity contribution is 0.0124. The molecule has 25 heavy (non-hydrogen) atoms. The number of guanidine groups is 1. The summed E-state index contributed by atoms with van der Waals surface area (Å²) >= 11 is 0. The Morgan fingerprint density at radius 1 is 1.24 bits per heavy atom. The van der Waals surface area contributed by atoms with Crippen LogP contribution in [0.5, 0.6) is 0 Å². The minimum atomic E-state index is 0.197. The molecule has 2 fully saturated rings. The first kappa shape index (κ1) is 18.3. The van der Waals surface area contributed by atoms with Gasteiger partial charge in [0.15, 0.2) is 5.96 Å². The summed E-state index contributed by atoms with van der Waals surface area (Å²) in [7, 11) is 1.85. The van der Waals surface area contributed by atoms with Gasteiger partial charge in [-0.25, -0.2) is 0 Å². The first-order chi connectivity index (χ1) is 12.3. The molecule has 0 bridgehead atoms. The van der Waals surface area contributed by atoms with Gasteiger partial charge in [-0.3, -0.25) is 9.89 Å². The quantitative estimate of drug-likeness (QED) is 0.632. The van der Waals surface area contributed by atoms with E-state index >= 15 is 0 Å². The number of morpholine rings is 1. The van der Waals surface area contributed by atoms with Gasteiger partial charge in [0.2, 0.25) is 0 Å². The zero-order valence-electron chi connectivity index (χ0n) is 15.6. The number of aliphatic imine (C=N–C) groups is 1. The monoisotopic (exact) mass is 348 g/mol. The lowest BCUT2D eigenvalue weighted by Crippen LogP contribution is -2.48. The summed E-state index contributed by atoms with van der Waals surface area (Å²) in [5.41, 5.74) is 0. The number of hydrogen-bond acceptors (Lipinski definition) is 4. The van der Waals surface area contributed by atoms with Crippen LogP contribution in [0, 0.1) is 6.92 Å². The van der Waals surface area contributed by atoms with Crippen molar-refractivity contribution in [3.8, 4) is 0 Å². The van der Waals surface area contributed by atoms with E-state index in [1.165, 1.54) is 32.1 Å². The molecule has 2 heterocycles. The third kappa shape index (κ3) is 5.22. The number of nitrogens with zero attached hydrogens (tertiary/aromatic N) is 2. The van der Waals surface area contributed by atoms with Gasteiger partial charge in [-0.1, -0.05) is 19.3 Å². The number of nitrogens with one attached hydrogen (secondary N) is 2. The van der Waals surface area contributed by atoms with E-state index in [-0.39, 0.29) is 6.04 Å². The molecule has 6 nitrogen and oxygen atoms in total. The number of hydrogen-bond donors (Lipinski definition) is 2. The van der Waals surface area contributed by atoms with E-state index in [1.54, 1.807) is 0 Å². The maximum Gasteiger partial charge on any atom is 0.191 e. The van der Waals surface area contributed by atoms with Crippen molar-refractivity contribution in [2.75, 3.05) is 39.9 Å². The predicted molar refractivity (Wildman–Crippen MR) is 99.9 cm³/mol. The molecule has 1 aromatic rings.